The van der Waals surface area contributed by atoms with Gasteiger partial charge < -0.3 is 9.42 Å². The van der Waals surface area contributed by atoms with E-state index in [2.05, 4.69) is 10.1 Å². The van der Waals surface area contributed by atoms with Gasteiger partial charge in [0.1, 0.15) is 0 Å². The first-order chi connectivity index (χ1) is 13.9. The average Bonchev–Trinajstić information content (AvgIpc) is 3.65. The summed E-state index contributed by atoms with van der Waals surface area (Å²) < 4.78 is 44.9. The zero-order valence-electron chi connectivity index (χ0n) is 15.9. The first-order valence-electron chi connectivity index (χ1n) is 10.2. The molecule has 1 aromatic carbocycles. The first-order valence-corrected chi connectivity index (χ1v) is 10.2. The van der Waals surface area contributed by atoms with Gasteiger partial charge in [0.2, 0.25) is 11.8 Å². The lowest BCUT2D eigenvalue weighted by Crippen LogP contribution is -2.40. The second-order valence-electron chi connectivity index (χ2n) is 8.51. The van der Waals surface area contributed by atoms with Crippen LogP contribution in [0.5, 0.6) is 0 Å². The van der Waals surface area contributed by atoms with E-state index >= 15 is 0 Å². The Morgan fingerprint density at radius 1 is 1.21 bits per heavy atom. The van der Waals surface area contributed by atoms with Crippen LogP contribution >= 0.6 is 0 Å². The first kappa shape index (κ1) is 18.6. The van der Waals surface area contributed by atoms with E-state index in [0.29, 0.717) is 36.7 Å². The molecular formula is C21H22F3N3O2. The Morgan fingerprint density at radius 3 is 2.69 bits per heavy atom. The lowest BCUT2D eigenvalue weighted by Gasteiger charge is -2.31. The smallest absolute Gasteiger partial charge is 0.342 e. The molecule has 1 saturated heterocycles. The number of nitrogens with zero attached hydrogens (tertiary/aromatic N) is 3. The van der Waals surface area contributed by atoms with Gasteiger partial charge in [0.15, 0.2) is 5.82 Å². The van der Waals surface area contributed by atoms with E-state index in [1.54, 1.807) is 6.07 Å². The third kappa shape index (κ3) is 3.42. The van der Waals surface area contributed by atoms with Crippen molar-refractivity contribution in [3.63, 3.8) is 0 Å². The number of piperidine rings is 1. The van der Waals surface area contributed by atoms with Crippen LogP contribution in [0.25, 0.3) is 0 Å². The van der Waals surface area contributed by atoms with Crippen LogP contribution in [0.4, 0.5) is 13.2 Å². The molecule has 2 saturated carbocycles. The molecule has 0 bridgehead atoms. The molecule has 2 heterocycles. The number of rotatable bonds is 4. The Hall–Kier alpha value is -2.38. The zero-order chi connectivity index (χ0) is 20.2. The Labute approximate surface area is 166 Å². The molecule has 1 aromatic heterocycles. The number of amides is 1. The SMILES string of the molecule is O=C(C1CC1)N1CCCC(c2nc(C3(c4cccc(C(F)(F)F)c4)CC3)no2)C1. The molecule has 5 rings (SSSR count). The highest BCUT2D eigenvalue weighted by Gasteiger charge is 2.51. The second kappa shape index (κ2) is 6.57. The summed E-state index contributed by atoms with van der Waals surface area (Å²) in [4.78, 5) is 18.9. The van der Waals surface area contributed by atoms with Gasteiger partial charge in [-0.3, -0.25) is 4.79 Å². The third-order valence-electron chi connectivity index (χ3n) is 6.37. The van der Waals surface area contributed by atoms with Gasteiger partial charge in [-0.05, 0) is 50.2 Å². The molecule has 5 nitrogen and oxygen atoms in total. The zero-order valence-corrected chi connectivity index (χ0v) is 15.9. The van der Waals surface area contributed by atoms with Gasteiger partial charge in [-0.1, -0.05) is 23.4 Å². The van der Waals surface area contributed by atoms with E-state index in [1.165, 1.54) is 12.1 Å². The molecule has 1 unspecified atom stereocenters. The standard InChI is InChI=1S/C21H22F3N3O2/c22-21(23,24)16-5-1-4-15(11-16)20(8-9-20)19-25-17(29-26-19)14-3-2-10-27(12-14)18(28)13-6-7-13/h1,4-5,11,13-14H,2-3,6-10,12H2. The summed E-state index contributed by atoms with van der Waals surface area (Å²) in [6, 6.07) is 5.41. The Morgan fingerprint density at radius 2 is 2.00 bits per heavy atom. The van der Waals surface area contributed by atoms with Crippen molar-refractivity contribution in [1.82, 2.24) is 15.0 Å². The van der Waals surface area contributed by atoms with Crippen molar-refractivity contribution in [2.45, 2.75) is 56.0 Å². The maximum atomic E-state index is 13.1. The van der Waals surface area contributed by atoms with Crippen LogP contribution in [-0.2, 0) is 16.4 Å². The lowest BCUT2D eigenvalue weighted by molar-refractivity contribution is -0.137. The number of carbonyl (C=O) groups excluding carboxylic acids is 1. The molecule has 8 heteroatoms. The van der Waals surface area contributed by atoms with Gasteiger partial charge in [-0.15, -0.1) is 0 Å². The van der Waals surface area contributed by atoms with Gasteiger partial charge in [-0.2, -0.15) is 18.2 Å². The molecule has 3 aliphatic rings. The number of hydrogen-bond donors (Lipinski definition) is 0. The minimum atomic E-state index is -4.38. The molecule has 0 spiro atoms. The summed E-state index contributed by atoms with van der Waals surface area (Å²) in [6.45, 7) is 1.34. The van der Waals surface area contributed by atoms with Gasteiger partial charge in [0.25, 0.3) is 0 Å². The van der Waals surface area contributed by atoms with Gasteiger partial charge in [0, 0.05) is 19.0 Å². The minimum absolute atomic E-state index is 0.00925. The Balaban J connectivity index is 1.36. The normalized spacial score (nSPS) is 23.8. The van der Waals surface area contributed by atoms with Gasteiger partial charge in [0.05, 0.1) is 16.9 Å². The highest BCUT2D eigenvalue weighted by atomic mass is 19.4. The van der Waals surface area contributed by atoms with Crippen LogP contribution in [0.2, 0.25) is 0 Å². The van der Waals surface area contributed by atoms with Crippen LogP contribution in [0.1, 0.15) is 67.3 Å². The number of likely N-dealkylation sites (tertiary alicyclic amines) is 1. The number of halogens is 3. The van der Waals surface area contributed by atoms with Crippen LogP contribution in [0.3, 0.4) is 0 Å². The van der Waals surface area contributed by atoms with Crippen molar-refractivity contribution in [3.05, 3.63) is 47.1 Å². The topological polar surface area (TPSA) is 59.2 Å². The lowest BCUT2D eigenvalue weighted by atomic mass is 9.93. The largest absolute Gasteiger partial charge is 0.416 e. The van der Waals surface area contributed by atoms with Crippen LogP contribution in [0, 0.1) is 5.92 Å². The summed E-state index contributed by atoms with van der Waals surface area (Å²) >= 11 is 0. The number of hydrogen-bond acceptors (Lipinski definition) is 4. The van der Waals surface area contributed by atoms with E-state index in [0.717, 1.165) is 38.3 Å². The van der Waals surface area contributed by atoms with Crippen molar-refractivity contribution >= 4 is 5.91 Å². The predicted molar refractivity (Wildman–Crippen MR) is 97.0 cm³/mol. The summed E-state index contributed by atoms with van der Waals surface area (Å²) in [7, 11) is 0. The fraction of sp³-hybridized carbons (Fsp3) is 0.571. The Kier molecular flexibility index (Phi) is 4.22. The molecule has 1 aliphatic heterocycles. The van der Waals surface area contributed by atoms with Crippen LogP contribution in [0.15, 0.2) is 28.8 Å². The maximum Gasteiger partial charge on any atom is 0.416 e. The molecule has 1 atom stereocenters. The number of benzene rings is 1. The average molecular weight is 405 g/mol. The van der Waals surface area contributed by atoms with E-state index in [-0.39, 0.29) is 17.7 Å². The van der Waals surface area contributed by atoms with Crippen molar-refractivity contribution in [3.8, 4) is 0 Å². The molecule has 154 valence electrons. The molecule has 3 fully saturated rings. The molecular weight excluding hydrogens is 383 g/mol. The number of carbonyl (C=O) groups is 1. The van der Waals surface area contributed by atoms with E-state index < -0.39 is 17.2 Å². The summed E-state index contributed by atoms with van der Waals surface area (Å²) in [5.74, 6) is 1.34. The van der Waals surface area contributed by atoms with Gasteiger partial charge in [-0.25, -0.2) is 0 Å². The Bertz CT molecular complexity index is 931. The highest BCUT2D eigenvalue weighted by molar-refractivity contribution is 5.81. The van der Waals surface area contributed by atoms with Crippen molar-refractivity contribution in [2.75, 3.05) is 13.1 Å². The second-order valence-corrected chi connectivity index (χ2v) is 8.51. The summed E-state index contributed by atoms with van der Waals surface area (Å²) in [5, 5.41) is 4.14. The molecule has 1 amide bonds. The maximum absolute atomic E-state index is 13.1. The molecule has 2 aliphatic carbocycles. The highest BCUT2D eigenvalue weighted by Crippen LogP contribution is 2.53. The fourth-order valence-corrected chi connectivity index (χ4v) is 4.32. The monoisotopic (exact) mass is 405 g/mol. The number of aromatic nitrogens is 2. The fourth-order valence-electron chi connectivity index (χ4n) is 4.32. The van der Waals surface area contributed by atoms with E-state index in [1.807, 2.05) is 4.90 Å². The van der Waals surface area contributed by atoms with Crippen molar-refractivity contribution in [1.29, 1.82) is 0 Å². The van der Waals surface area contributed by atoms with Crippen molar-refractivity contribution in [2.24, 2.45) is 5.92 Å². The van der Waals surface area contributed by atoms with E-state index in [9.17, 15) is 18.0 Å². The molecule has 0 N–H and O–H groups in total. The summed E-state index contributed by atoms with van der Waals surface area (Å²) in [6.07, 6.45) is 0.726. The predicted octanol–water partition coefficient (Wildman–Crippen LogP) is 4.28. The molecule has 0 radical (unpaired) electrons. The quantitative estimate of drug-likeness (QED) is 0.762. The molecule has 29 heavy (non-hydrogen) atoms. The van der Waals surface area contributed by atoms with Gasteiger partial charge >= 0.3 is 6.18 Å². The third-order valence-corrected chi connectivity index (χ3v) is 6.37. The van der Waals surface area contributed by atoms with E-state index in [4.69, 9.17) is 4.52 Å². The van der Waals surface area contributed by atoms with Crippen LogP contribution in [-0.4, -0.2) is 34.0 Å². The summed E-state index contributed by atoms with van der Waals surface area (Å²) in [5.41, 5.74) is -0.679. The minimum Gasteiger partial charge on any atom is -0.342 e. The molecule has 2 aromatic rings. The van der Waals surface area contributed by atoms with Crippen LogP contribution < -0.4 is 0 Å². The van der Waals surface area contributed by atoms with Crippen molar-refractivity contribution < 1.29 is 22.5 Å². The number of alkyl halides is 3.